The molecule has 2 atom stereocenters. The number of fused-ring (bicyclic) bond motifs is 6. The maximum absolute atomic E-state index is 14.1. The van der Waals surface area contributed by atoms with Crippen LogP contribution in [-0.4, -0.2) is 18.4 Å². The zero-order valence-electron chi connectivity index (χ0n) is 24.1. The fourth-order valence-corrected chi connectivity index (χ4v) is 9.32. The van der Waals surface area contributed by atoms with E-state index in [-0.39, 0.29) is 11.8 Å². The molecule has 3 aliphatic heterocycles. The Hall–Kier alpha value is -5.01. The number of benzene rings is 2. The molecule has 0 saturated heterocycles. The Morgan fingerprint density at radius 3 is 1.61 bits per heavy atom. The van der Waals surface area contributed by atoms with Crippen molar-refractivity contribution < 1.29 is 8.42 Å². The smallest absolute Gasteiger partial charge is 0.207 e. The Bertz CT molecular complexity index is 2340. The Morgan fingerprint density at radius 1 is 0.659 bits per heavy atom. The molecule has 2 aliphatic carbocycles. The highest BCUT2D eigenvalue weighted by molar-refractivity contribution is 7.91. The summed E-state index contributed by atoms with van der Waals surface area (Å²) in [5.41, 5.74) is 8.61. The minimum absolute atomic E-state index is 0.0606. The molecule has 7 heteroatoms. The van der Waals surface area contributed by atoms with Crippen molar-refractivity contribution >= 4 is 21.0 Å². The molecule has 9 rings (SSSR count). The minimum Gasteiger partial charge on any atom is -0.237 e. The molecule has 2 unspecified atom stereocenters. The topological polar surface area (TPSA) is 84.6 Å². The monoisotopic (exact) mass is 590 g/mol. The van der Waals surface area contributed by atoms with Crippen LogP contribution in [0.25, 0.3) is 11.1 Å². The molecule has 2 aromatic heterocycles. The van der Waals surface area contributed by atoms with Gasteiger partial charge in [-0.3, -0.25) is 0 Å². The molecule has 2 aromatic carbocycles. The predicted octanol–water partition coefficient (Wildman–Crippen LogP) is 3.99. The van der Waals surface area contributed by atoms with Gasteiger partial charge < -0.3 is 0 Å². The molecule has 212 valence electrons. The van der Waals surface area contributed by atoms with Gasteiger partial charge in [0, 0.05) is 51.2 Å². The van der Waals surface area contributed by atoms with Crippen molar-refractivity contribution in [2.75, 3.05) is 0 Å². The Kier molecular flexibility index (Phi) is 5.08. The normalized spacial score (nSPS) is 22.3. The number of hydrogen-bond donors (Lipinski definition) is 0. The van der Waals surface area contributed by atoms with Gasteiger partial charge >= 0.3 is 0 Å². The van der Waals surface area contributed by atoms with E-state index in [9.17, 15) is 8.42 Å². The fourth-order valence-electron chi connectivity index (χ4n) is 7.38. The molecule has 4 aromatic rings. The van der Waals surface area contributed by atoms with Crippen LogP contribution in [0.3, 0.4) is 0 Å². The van der Waals surface area contributed by atoms with E-state index < -0.39 is 15.3 Å². The summed E-state index contributed by atoms with van der Waals surface area (Å²) < 4.78 is 28.3. The highest BCUT2D eigenvalue weighted by Crippen LogP contribution is 2.49. The van der Waals surface area contributed by atoms with Crippen molar-refractivity contribution in [3.05, 3.63) is 165 Å². The Labute approximate surface area is 254 Å². The third-order valence-electron chi connectivity index (χ3n) is 9.55. The van der Waals surface area contributed by atoms with Gasteiger partial charge in [0.1, 0.15) is 0 Å². The first-order valence-corrected chi connectivity index (χ1v) is 16.2. The maximum Gasteiger partial charge on any atom is 0.207 e. The van der Waals surface area contributed by atoms with E-state index >= 15 is 0 Å². The molecule has 0 radical (unpaired) electrons. The van der Waals surface area contributed by atoms with Crippen LogP contribution < -0.4 is 21.4 Å². The first-order valence-electron chi connectivity index (χ1n) is 14.7. The van der Waals surface area contributed by atoms with E-state index in [2.05, 4.69) is 60.2 Å². The van der Waals surface area contributed by atoms with E-state index in [0.717, 1.165) is 66.2 Å². The van der Waals surface area contributed by atoms with Gasteiger partial charge in [0.15, 0.2) is 11.0 Å². The third kappa shape index (κ3) is 3.38. The van der Waals surface area contributed by atoms with Gasteiger partial charge in [-0.15, -0.1) is 0 Å². The summed E-state index contributed by atoms with van der Waals surface area (Å²) in [6.07, 6.45) is 15.9. The van der Waals surface area contributed by atoms with Crippen LogP contribution in [0.15, 0.2) is 141 Å². The number of nitrogens with zero attached hydrogens (tertiary/aromatic N) is 4. The first kappa shape index (κ1) is 25.5. The zero-order chi connectivity index (χ0) is 29.8. The second-order valence-corrected chi connectivity index (χ2v) is 14.2. The summed E-state index contributed by atoms with van der Waals surface area (Å²) in [6.45, 7) is 4.26. The largest absolute Gasteiger partial charge is 0.237 e. The molecule has 0 amide bonds. The molecule has 5 aliphatic rings. The van der Waals surface area contributed by atoms with Gasteiger partial charge in [-0.1, -0.05) is 62.4 Å². The maximum atomic E-state index is 14.1. The number of aromatic nitrogens is 2. The first-order chi connectivity index (χ1) is 21.3. The summed E-state index contributed by atoms with van der Waals surface area (Å²) >= 11 is 0. The predicted molar refractivity (Wildman–Crippen MR) is 167 cm³/mol. The molecule has 0 saturated carbocycles. The van der Waals surface area contributed by atoms with E-state index in [4.69, 9.17) is 9.98 Å². The van der Waals surface area contributed by atoms with Gasteiger partial charge in [-0.2, -0.15) is 0 Å². The van der Waals surface area contributed by atoms with Gasteiger partial charge in [0.2, 0.25) is 9.84 Å². The van der Waals surface area contributed by atoms with Crippen LogP contribution >= 0.6 is 0 Å². The lowest BCUT2D eigenvalue weighted by molar-refractivity contribution is 0.554. The summed E-state index contributed by atoms with van der Waals surface area (Å²) in [4.78, 5) is 19.2. The quantitative estimate of drug-likeness (QED) is 0.354. The second kappa shape index (κ2) is 8.77. The van der Waals surface area contributed by atoms with Crippen LogP contribution in [0, 0.1) is 0 Å². The standard InChI is InChI=1S/C37H26N4O2S/c1-37(2)27-19-21(23-7-3-11-29-33(23)25-9-5-17-38-35(25)40-29)13-15-31(27)44(42,43)32-16-14-22(20-28(32)37)24-8-4-12-30-34(24)26-10-6-18-39-36(26)41-30/h3-20,23-24H,1-2H3. The van der Waals surface area contributed by atoms with Gasteiger partial charge in [0.05, 0.1) is 21.2 Å². The Morgan fingerprint density at radius 2 is 1.14 bits per heavy atom. The number of hydrogen-bond acceptors (Lipinski definition) is 6. The fraction of sp³-hybridized carbons (Fsp3) is 0.135. The average molecular weight is 591 g/mol. The second-order valence-electron chi connectivity index (χ2n) is 12.3. The van der Waals surface area contributed by atoms with Gasteiger partial charge in [0.25, 0.3) is 0 Å². The van der Waals surface area contributed by atoms with Gasteiger partial charge in [-0.25, -0.2) is 28.4 Å². The SMILES string of the molecule is CC1(C)c2cc(C3C=CC=C4N=c5ncccc5=C43)ccc2S(=O)(=O)c2ccc(C3C=CC=C4N=c5ncccc5=C43)cc21. The van der Waals surface area contributed by atoms with Crippen molar-refractivity contribution in [3.8, 4) is 0 Å². The van der Waals surface area contributed by atoms with Crippen LogP contribution in [-0.2, 0) is 15.3 Å². The molecule has 6 nitrogen and oxygen atoms in total. The zero-order valence-corrected chi connectivity index (χ0v) is 24.9. The van der Waals surface area contributed by atoms with E-state index in [1.165, 1.54) is 0 Å². The Balaban J connectivity index is 1.20. The highest BCUT2D eigenvalue weighted by Gasteiger charge is 2.42. The summed E-state index contributed by atoms with van der Waals surface area (Å²) in [5.74, 6) is -0.121. The van der Waals surface area contributed by atoms with Crippen LogP contribution in [0.5, 0.6) is 0 Å². The van der Waals surface area contributed by atoms with Gasteiger partial charge in [-0.05, 0) is 70.8 Å². The minimum atomic E-state index is -3.73. The van der Waals surface area contributed by atoms with Crippen LogP contribution in [0.1, 0.15) is 47.9 Å². The lowest BCUT2D eigenvalue weighted by Gasteiger charge is -2.36. The van der Waals surface area contributed by atoms with Crippen molar-refractivity contribution in [2.24, 2.45) is 9.98 Å². The molecular formula is C37H26N4O2S. The van der Waals surface area contributed by atoms with Crippen molar-refractivity contribution in [1.29, 1.82) is 0 Å². The number of sulfone groups is 1. The van der Waals surface area contributed by atoms with E-state index in [1.54, 1.807) is 24.5 Å². The number of rotatable bonds is 2. The van der Waals surface area contributed by atoms with Crippen molar-refractivity contribution in [1.82, 2.24) is 9.97 Å². The summed E-state index contributed by atoms with van der Waals surface area (Å²) in [5, 5.41) is 2.05. The lowest BCUT2D eigenvalue weighted by atomic mass is 9.74. The lowest BCUT2D eigenvalue weighted by Crippen LogP contribution is -2.31. The average Bonchev–Trinajstić information content (AvgIpc) is 3.62. The molecular weight excluding hydrogens is 565 g/mol. The number of pyridine rings is 2. The van der Waals surface area contributed by atoms with E-state index in [1.807, 2.05) is 48.6 Å². The molecule has 5 heterocycles. The van der Waals surface area contributed by atoms with Crippen molar-refractivity contribution in [3.63, 3.8) is 0 Å². The summed E-state index contributed by atoms with van der Waals surface area (Å²) in [7, 11) is -3.73. The van der Waals surface area contributed by atoms with Crippen LogP contribution in [0.4, 0.5) is 0 Å². The molecule has 0 fully saturated rings. The third-order valence-corrected chi connectivity index (χ3v) is 11.4. The van der Waals surface area contributed by atoms with E-state index in [0.29, 0.717) is 9.79 Å². The van der Waals surface area contributed by atoms with Crippen molar-refractivity contribution in [2.45, 2.75) is 40.9 Å². The molecule has 0 N–H and O–H groups in total. The molecule has 0 spiro atoms. The highest BCUT2D eigenvalue weighted by atomic mass is 32.2. The molecule has 0 bridgehead atoms. The summed E-state index contributed by atoms with van der Waals surface area (Å²) in [6, 6.07) is 19.7. The molecule has 44 heavy (non-hydrogen) atoms. The van der Waals surface area contributed by atoms with Crippen LogP contribution in [0.2, 0.25) is 0 Å². The number of allylic oxidation sites excluding steroid dienone is 8.